The molecule has 0 saturated carbocycles. The van der Waals surface area contributed by atoms with E-state index in [-0.39, 0.29) is 19.0 Å². The van der Waals surface area contributed by atoms with Crippen LogP contribution in [0.1, 0.15) is 17.5 Å². The Morgan fingerprint density at radius 2 is 2.11 bits per heavy atom. The van der Waals surface area contributed by atoms with E-state index in [1.807, 2.05) is 30.3 Å². The van der Waals surface area contributed by atoms with Crippen molar-refractivity contribution in [2.24, 2.45) is 0 Å². The van der Waals surface area contributed by atoms with Crippen molar-refractivity contribution in [3.8, 4) is 11.4 Å². The van der Waals surface area contributed by atoms with Crippen LogP contribution >= 0.6 is 0 Å². The molecule has 2 aromatic rings. The first-order valence-electron chi connectivity index (χ1n) is 5.85. The molecule has 2 rings (SSSR count). The van der Waals surface area contributed by atoms with Crippen molar-refractivity contribution < 1.29 is 14.3 Å². The van der Waals surface area contributed by atoms with Crippen LogP contribution < -0.4 is 0 Å². The first-order valence-corrected chi connectivity index (χ1v) is 5.85. The Hall–Kier alpha value is -2.50. The second kappa shape index (κ2) is 5.90. The Labute approximate surface area is 110 Å². The first-order chi connectivity index (χ1) is 9.24. The maximum Gasteiger partial charge on any atom is 0.327 e. The number of esters is 1. The zero-order chi connectivity index (χ0) is 13.7. The number of benzene rings is 1. The van der Waals surface area contributed by atoms with E-state index >= 15 is 0 Å². The largest absolute Gasteiger partial charge is 0.465 e. The van der Waals surface area contributed by atoms with E-state index < -0.39 is 5.97 Å². The Morgan fingerprint density at radius 3 is 2.74 bits per heavy atom. The van der Waals surface area contributed by atoms with Gasteiger partial charge in [-0.1, -0.05) is 30.3 Å². The molecule has 0 fully saturated rings. The van der Waals surface area contributed by atoms with Crippen molar-refractivity contribution in [1.29, 1.82) is 0 Å². The number of aromatic nitrogens is 3. The van der Waals surface area contributed by atoms with Gasteiger partial charge in [-0.05, 0) is 6.92 Å². The first kappa shape index (κ1) is 12.9. The molecule has 0 bridgehead atoms. The van der Waals surface area contributed by atoms with Crippen LogP contribution in [0.25, 0.3) is 11.4 Å². The molecule has 0 aliphatic carbocycles. The topological polar surface area (TPSA) is 74.1 Å². The van der Waals surface area contributed by atoms with Gasteiger partial charge < -0.3 is 4.74 Å². The Balaban J connectivity index is 2.27. The van der Waals surface area contributed by atoms with Crippen LogP contribution in [0.5, 0.6) is 0 Å². The minimum atomic E-state index is -0.449. The quantitative estimate of drug-likeness (QED) is 0.598. The van der Waals surface area contributed by atoms with Crippen LogP contribution in [0.4, 0.5) is 0 Å². The standard InChI is InChI=1S/C13H13N3O3/c1-2-19-12(18)8-16-11(9-17)14-13(15-16)10-6-4-3-5-7-10/h3-7,9H,2,8H2,1H3. The Bertz CT molecular complexity index is 578. The third-order valence-corrected chi connectivity index (χ3v) is 2.42. The molecule has 0 atom stereocenters. The lowest BCUT2D eigenvalue weighted by atomic mass is 10.2. The van der Waals surface area contributed by atoms with E-state index in [0.717, 1.165) is 5.56 Å². The lowest BCUT2D eigenvalue weighted by Crippen LogP contribution is -2.16. The van der Waals surface area contributed by atoms with Gasteiger partial charge in [0.1, 0.15) is 6.54 Å². The molecule has 6 nitrogen and oxygen atoms in total. The molecular weight excluding hydrogens is 246 g/mol. The monoisotopic (exact) mass is 259 g/mol. The molecule has 0 radical (unpaired) electrons. The molecule has 1 aromatic heterocycles. The number of ether oxygens (including phenoxy) is 1. The number of rotatable bonds is 5. The van der Waals surface area contributed by atoms with Gasteiger partial charge in [0.2, 0.25) is 0 Å². The van der Waals surface area contributed by atoms with Crippen LogP contribution in [0.15, 0.2) is 30.3 Å². The summed E-state index contributed by atoms with van der Waals surface area (Å²) in [4.78, 5) is 26.4. The van der Waals surface area contributed by atoms with Gasteiger partial charge in [-0.2, -0.15) is 0 Å². The molecule has 98 valence electrons. The molecule has 0 unspecified atom stereocenters. The summed E-state index contributed by atoms with van der Waals surface area (Å²) < 4.78 is 6.06. The van der Waals surface area contributed by atoms with E-state index in [1.165, 1.54) is 4.68 Å². The average molecular weight is 259 g/mol. The molecule has 0 amide bonds. The van der Waals surface area contributed by atoms with Crippen molar-refractivity contribution >= 4 is 12.3 Å². The van der Waals surface area contributed by atoms with Crippen molar-refractivity contribution in [1.82, 2.24) is 14.8 Å². The Morgan fingerprint density at radius 1 is 1.37 bits per heavy atom. The number of carbonyl (C=O) groups is 2. The molecule has 19 heavy (non-hydrogen) atoms. The number of hydrogen-bond donors (Lipinski definition) is 0. The maximum atomic E-state index is 11.4. The number of carbonyl (C=O) groups excluding carboxylic acids is 2. The number of nitrogens with zero attached hydrogens (tertiary/aromatic N) is 3. The van der Waals surface area contributed by atoms with Crippen LogP contribution in [0.2, 0.25) is 0 Å². The van der Waals surface area contributed by atoms with Gasteiger partial charge in [0.05, 0.1) is 6.61 Å². The normalized spacial score (nSPS) is 10.2. The fourth-order valence-electron chi connectivity index (χ4n) is 1.60. The lowest BCUT2D eigenvalue weighted by molar-refractivity contribution is -0.144. The van der Waals surface area contributed by atoms with Crippen LogP contribution in [0.3, 0.4) is 0 Å². The Kier molecular flexibility index (Phi) is 4.02. The summed E-state index contributed by atoms with van der Waals surface area (Å²) in [5.74, 6) is 0.0639. The third-order valence-electron chi connectivity index (χ3n) is 2.42. The summed E-state index contributed by atoms with van der Waals surface area (Å²) in [6, 6.07) is 9.24. The van der Waals surface area contributed by atoms with Crippen molar-refractivity contribution in [2.45, 2.75) is 13.5 Å². The van der Waals surface area contributed by atoms with E-state index in [4.69, 9.17) is 4.74 Å². The second-order valence-corrected chi connectivity index (χ2v) is 3.74. The van der Waals surface area contributed by atoms with Gasteiger partial charge >= 0.3 is 5.97 Å². The van der Waals surface area contributed by atoms with Gasteiger partial charge in [-0.3, -0.25) is 9.59 Å². The third kappa shape index (κ3) is 3.04. The van der Waals surface area contributed by atoms with E-state index in [9.17, 15) is 9.59 Å². The minimum absolute atomic E-state index is 0.104. The maximum absolute atomic E-state index is 11.4. The summed E-state index contributed by atoms with van der Waals surface area (Å²) in [7, 11) is 0. The predicted octanol–water partition coefficient (Wildman–Crippen LogP) is 1.32. The van der Waals surface area contributed by atoms with E-state index in [1.54, 1.807) is 6.92 Å². The minimum Gasteiger partial charge on any atom is -0.465 e. The fourth-order valence-corrected chi connectivity index (χ4v) is 1.60. The van der Waals surface area contributed by atoms with Gasteiger partial charge in [-0.25, -0.2) is 9.67 Å². The highest BCUT2D eigenvalue weighted by atomic mass is 16.5. The molecule has 0 N–H and O–H groups in total. The highest BCUT2D eigenvalue weighted by Gasteiger charge is 2.13. The van der Waals surface area contributed by atoms with Crippen LogP contribution in [0, 0.1) is 0 Å². The lowest BCUT2D eigenvalue weighted by Gasteiger charge is -2.01. The molecule has 0 spiro atoms. The van der Waals surface area contributed by atoms with Gasteiger partial charge in [-0.15, -0.1) is 5.10 Å². The van der Waals surface area contributed by atoms with E-state index in [2.05, 4.69) is 10.1 Å². The average Bonchev–Trinajstić information content (AvgIpc) is 2.83. The number of hydrogen-bond acceptors (Lipinski definition) is 5. The van der Waals surface area contributed by atoms with Gasteiger partial charge in [0.15, 0.2) is 17.9 Å². The highest BCUT2D eigenvalue weighted by molar-refractivity contribution is 5.74. The SMILES string of the molecule is CCOC(=O)Cn1nc(-c2ccccc2)nc1C=O. The molecule has 0 saturated heterocycles. The van der Waals surface area contributed by atoms with Crippen LogP contribution in [-0.4, -0.2) is 33.6 Å². The highest BCUT2D eigenvalue weighted by Crippen LogP contribution is 2.14. The van der Waals surface area contributed by atoms with Crippen LogP contribution in [-0.2, 0) is 16.1 Å². The summed E-state index contributed by atoms with van der Waals surface area (Å²) in [5, 5.41) is 4.15. The van der Waals surface area contributed by atoms with Crippen molar-refractivity contribution in [3.63, 3.8) is 0 Å². The van der Waals surface area contributed by atoms with Crippen molar-refractivity contribution in [2.75, 3.05) is 6.61 Å². The zero-order valence-electron chi connectivity index (χ0n) is 10.4. The van der Waals surface area contributed by atoms with Crippen molar-refractivity contribution in [3.05, 3.63) is 36.2 Å². The molecule has 0 aliphatic rings. The second-order valence-electron chi connectivity index (χ2n) is 3.74. The number of aldehydes is 1. The molecular formula is C13H13N3O3. The van der Waals surface area contributed by atoms with Gasteiger partial charge in [0, 0.05) is 5.56 Å². The molecule has 0 aliphatic heterocycles. The predicted molar refractivity (Wildman–Crippen MR) is 67.5 cm³/mol. The molecule has 6 heteroatoms. The summed E-state index contributed by atoms with van der Waals surface area (Å²) in [6.45, 7) is 1.88. The summed E-state index contributed by atoms with van der Waals surface area (Å²) in [6.07, 6.45) is 0.568. The smallest absolute Gasteiger partial charge is 0.327 e. The van der Waals surface area contributed by atoms with E-state index in [0.29, 0.717) is 12.1 Å². The zero-order valence-corrected chi connectivity index (χ0v) is 10.4. The fraction of sp³-hybridized carbons (Fsp3) is 0.231. The van der Waals surface area contributed by atoms with Gasteiger partial charge in [0.25, 0.3) is 0 Å². The summed E-state index contributed by atoms with van der Waals surface area (Å²) in [5.41, 5.74) is 0.785. The molecule has 1 aromatic carbocycles. The molecule has 1 heterocycles. The summed E-state index contributed by atoms with van der Waals surface area (Å²) >= 11 is 0.